The standard InChI is InChI=1S/C14H12N6O4/c21-14(19-13-11-12(16-7-15-11)17-8-18-13)24-6-5-9-1-3-10(4-2-9)20(22)23/h1-4,7-8H,5-6H2,(H2,15,16,17,18,19,21). The number of amides is 1. The SMILES string of the molecule is O=C(Nc1ncnc2nc[nH]c12)OCCc1ccc([N+](=O)[O-])cc1. The average molecular weight is 328 g/mol. The summed E-state index contributed by atoms with van der Waals surface area (Å²) in [6.07, 6.45) is 2.51. The Balaban J connectivity index is 1.52. The highest BCUT2D eigenvalue weighted by Crippen LogP contribution is 2.15. The van der Waals surface area contributed by atoms with Crippen molar-refractivity contribution in [2.45, 2.75) is 6.42 Å². The molecule has 1 aromatic carbocycles. The van der Waals surface area contributed by atoms with Gasteiger partial charge in [0, 0.05) is 18.6 Å². The van der Waals surface area contributed by atoms with Crippen molar-refractivity contribution in [3.8, 4) is 0 Å². The fourth-order valence-electron chi connectivity index (χ4n) is 2.04. The number of nitrogens with zero attached hydrogens (tertiary/aromatic N) is 4. The number of hydrogen-bond donors (Lipinski definition) is 2. The van der Waals surface area contributed by atoms with Gasteiger partial charge in [0.15, 0.2) is 11.5 Å². The minimum absolute atomic E-state index is 0.0183. The van der Waals surface area contributed by atoms with Crippen molar-refractivity contribution in [1.29, 1.82) is 0 Å². The molecule has 1 amide bonds. The number of nitro benzene ring substituents is 1. The lowest BCUT2D eigenvalue weighted by atomic mass is 10.1. The molecule has 0 aliphatic carbocycles. The number of ether oxygens (including phenoxy) is 1. The molecule has 0 fully saturated rings. The number of carbonyl (C=O) groups excluding carboxylic acids is 1. The molecule has 24 heavy (non-hydrogen) atoms. The van der Waals surface area contributed by atoms with Gasteiger partial charge in [-0.2, -0.15) is 0 Å². The Morgan fingerprint density at radius 3 is 2.79 bits per heavy atom. The van der Waals surface area contributed by atoms with Gasteiger partial charge in [-0.15, -0.1) is 0 Å². The van der Waals surface area contributed by atoms with Crippen molar-refractivity contribution < 1.29 is 14.5 Å². The zero-order chi connectivity index (χ0) is 16.9. The Labute approximate surface area is 135 Å². The van der Waals surface area contributed by atoms with Gasteiger partial charge in [0.1, 0.15) is 11.8 Å². The second kappa shape index (κ2) is 6.69. The fraction of sp³-hybridized carbons (Fsp3) is 0.143. The number of nitro groups is 1. The van der Waals surface area contributed by atoms with E-state index in [0.29, 0.717) is 17.6 Å². The van der Waals surface area contributed by atoms with Crippen LogP contribution in [0.15, 0.2) is 36.9 Å². The summed E-state index contributed by atoms with van der Waals surface area (Å²) in [5.41, 5.74) is 1.78. The number of H-pyrrole nitrogens is 1. The number of aromatic nitrogens is 4. The van der Waals surface area contributed by atoms with Crippen molar-refractivity contribution in [2.24, 2.45) is 0 Å². The van der Waals surface area contributed by atoms with Gasteiger partial charge in [0.2, 0.25) is 0 Å². The molecule has 0 radical (unpaired) electrons. The molecule has 2 aromatic heterocycles. The number of non-ortho nitro benzene ring substituents is 1. The Morgan fingerprint density at radius 1 is 1.25 bits per heavy atom. The van der Waals surface area contributed by atoms with Crippen LogP contribution in [0, 0.1) is 10.1 Å². The topological polar surface area (TPSA) is 136 Å². The molecule has 0 bridgehead atoms. The van der Waals surface area contributed by atoms with E-state index in [-0.39, 0.29) is 18.1 Å². The lowest BCUT2D eigenvalue weighted by Gasteiger charge is -2.06. The van der Waals surface area contributed by atoms with Crippen LogP contribution in [0.5, 0.6) is 0 Å². The lowest BCUT2D eigenvalue weighted by molar-refractivity contribution is -0.384. The third-order valence-electron chi connectivity index (χ3n) is 3.21. The zero-order valence-corrected chi connectivity index (χ0v) is 12.3. The van der Waals surface area contributed by atoms with Gasteiger partial charge in [-0.25, -0.2) is 19.7 Å². The number of hydrogen-bond acceptors (Lipinski definition) is 7. The summed E-state index contributed by atoms with van der Waals surface area (Å²) in [4.78, 5) is 36.6. The monoisotopic (exact) mass is 328 g/mol. The van der Waals surface area contributed by atoms with Crippen molar-refractivity contribution in [3.05, 3.63) is 52.6 Å². The smallest absolute Gasteiger partial charge is 0.412 e. The molecule has 0 aliphatic heterocycles. The van der Waals surface area contributed by atoms with E-state index < -0.39 is 11.0 Å². The molecule has 0 spiro atoms. The number of imidazole rings is 1. The Morgan fingerprint density at radius 2 is 2.04 bits per heavy atom. The Hall–Kier alpha value is -3.56. The first-order valence-corrected chi connectivity index (χ1v) is 6.94. The second-order valence-corrected chi connectivity index (χ2v) is 4.76. The number of anilines is 1. The predicted molar refractivity (Wildman–Crippen MR) is 83.5 cm³/mol. The van der Waals surface area contributed by atoms with Gasteiger partial charge >= 0.3 is 6.09 Å². The second-order valence-electron chi connectivity index (χ2n) is 4.76. The summed E-state index contributed by atoms with van der Waals surface area (Å²) in [6.45, 7) is 0.126. The van der Waals surface area contributed by atoms with Crippen LogP contribution in [0.3, 0.4) is 0 Å². The fourth-order valence-corrected chi connectivity index (χ4v) is 2.04. The molecule has 122 valence electrons. The molecule has 0 aliphatic rings. The van der Waals surface area contributed by atoms with Gasteiger partial charge < -0.3 is 9.72 Å². The highest BCUT2D eigenvalue weighted by molar-refractivity contribution is 5.92. The highest BCUT2D eigenvalue weighted by Gasteiger charge is 2.10. The summed E-state index contributed by atoms with van der Waals surface area (Å²) in [5, 5.41) is 13.1. The Kier molecular flexibility index (Phi) is 4.27. The normalized spacial score (nSPS) is 10.5. The molecule has 0 saturated carbocycles. The van der Waals surface area contributed by atoms with E-state index >= 15 is 0 Å². The quantitative estimate of drug-likeness (QED) is 0.540. The van der Waals surface area contributed by atoms with Crippen LogP contribution in [0.4, 0.5) is 16.3 Å². The van der Waals surface area contributed by atoms with Crippen LogP contribution < -0.4 is 5.32 Å². The number of rotatable bonds is 5. The summed E-state index contributed by atoms with van der Waals surface area (Å²) >= 11 is 0. The highest BCUT2D eigenvalue weighted by atomic mass is 16.6. The number of benzene rings is 1. The molecular weight excluding hydrogens is 316 g/mol. The van der Waals surface area contributed by atoms with E-state index in [9.17, 15) is 14.9 Å². The number of fused-ring (bicyclic) bond motifs is 1. The molecule has 2 heterocycles. The van der Waals surface area contributed by atoms with Crippen LogP contribution >= 0.6 is 0 Å². The van der Waals surface area contributed by atoms with Gasteiger partial charge in [-0.1, -0.05) is 12.1 Å². The Bertz CT molecular complexity index is 876. The van der Waals surface area contributed by atoms with Crippen molar-refractivity contribution in [1.82, 2.24) is 19.9 Å². The van der Waals surface area contributed by atoms with Crippen molar-refractivity contribution in [2.75, 3.05) is 11.9 Å². The molecule has 0 saturated heterocycles. The predicted octanol–water partition coefficient (Wildman–Crippen LogP) is 2.05. The minimum Gasteiger partial charge on any atom is -0.449 e. The average Bonchev–Trinajstić information content (AvgIpc) is 3.05. The summed E-state index contributed by atoms with van der Waals surface area (Å²) < 4.78 is 5.07. The van der Waals surface area contributed by atoms with Crippen molar-refractivity contribution >= 4 is 28.8 Å². The van der Waals surface area contributed by atoms with E-state index in [1.807, 2.05) is 0 Å². The largest absolute Gasteiger partial charge is 0.449 e. The molecule has 10 nitrogen and oxygen atoms in total. The van der Waals surface area contributed by atoms with E-state index in [1.165, 1.54) is 24.8 Å². The molecule has 3 rings (SSSR count). The van der Waals surface area contributed by atoms with Gasteiger partial charge in [0.25, 0.3) is 5.69 Å². The first-order valence-electron chi connectivity index (χ1n) is 6.94. The van der Waals surface area contributed by atoms with Crippen LogP contribution in [-0.4, -0.2) is 37.6 Å². The molecule has 3 aromatic rings. The van der Waals surface area contributed by atoms with Crippen LogP contribution in [0.25, 0.3) is 11.2 Å². The molecule has 10 heteroatoms. The van der Waals surface area contributed by atoms with E-state index in [0.717, 1.165) is 5.56 Å². The maximum atomic E-state index is 11.8. The first-order chi connectivity index (χ1) is 11.6. The lowest BCUT2D eigenvalue weighted by Crippen LogP contribution is -2.16. The molecule has 0 unspecified atom stereocenters. The van der Waals surface area contributed by atoms with Gasteiger partial charge in [-0.3, -0.25) is 15.4 Å². The number of carbonyl (C=O) groups is 1. The summed E-state index contributed by atoms with van der Waals surface area (Å²) in [5.74, 6) is 0.276. The van der Waals surface area contributed by atoms with Crippen molar-refractivity contribution in [3.63, 3.8) is 0 Å². The van der Waals surface area contributed by atoms with Gasteiger partial charge in [-0.05, 0) is 5.56 Å². The maximum absolute atomic E-state index is 11.8. The molecular formula is C14H12N6O4. The zero-order valence-electron chi connectivity index (χ0n) is 12.3. The summed E-state index contributed by atoms with van der Waals surface area (Å²) in [6, 6.07) is 6.06. The third-order valence-corrected chi connectivity index (χ3v) is 3.21. The number of nitrogens with one attached hydrogen (secondary N) is 2. The molecule has 0 atom stereocenters. The first kappa shape index (κ1) is 15.3. The van der Waals surface area contributed by atoms with E-state index in [2.05, 4.69) is 25.3 Å². The third kappa shape index (κ3) is 3.43. The van der Waals surface area contributed by atoms with E-state index in [1.54, 1.807) is 12.1 Å². The van der Waals surface area contributed by atoms with Gasteiger partial charge in [0.05, 0.1) is 17.9 Å². The van der Waals surface area contributed by atoms with E-state index in [4.69, 9.17) is 4.74 Å². The maximum Gasteiger partial charge on any atom is 0.412 e. The number of aromatic amines is 1. The van der Waals surface area contributed by atoms with Crippen LogP contribution in [0.1, 0.15) is 5.56 Å². The molecule has 2 N–H and O–H groups in total. The van der Waals surface area contributed by atoms with Crippen LogP contribution in [-0.2, 0) is 11.2 Å². The van der Waals surface area contributed by atoms with Crippen LogP contribution in [0.2, 0.25) is 0 Å². The summed E-state index contributed by atoms with van der Waals surface area (Å²) in [7, 11) is 0. The minimum atomic E-state index is -0.661.